The Bertz CT molecular complexity index is 855. The molecule has 0 radical (unpaired) electrons. The molecule has 4 nitrogen and oxygen atoms in total. The summed E-state index contributed by atoms with van der Waals surface area (Å²) in [6, 6.07) is 11.8. The van der Waals surface area contributed by atoms with Crippen LogP contribution >= 0.6 is 0 Å². The van der Waals surface area contributed by atoms with Gasteiger partial charge in [-0.15, -0.1) is 0 Å². The third-order valence-corrected chi connectivity index (χ3v) is 4.72. The maximum Gasteiger partial charge on any atom is 0.243 e. The Hall–Kier alpha value is -2.75. The van der Waals surface area contributed by atoms with E-state index in [0.717, 1.165) is 40.3 Å². The van der Waals surface area contributed by atoms with Crippen molar-refractivity contribution in [1.29, 1.82) is 0 Å². The minimum absolute atomic E-state index is 0.0142. The number of carbonyl (C=O) groups is 1. The Labute approximate surface area is 127 Å². The molecule has 108 valence electrons. The number of amides is 1. The van der Waals surface area contributed by atoms with E-state index in [0.29, 0.717) is 6.61 Å². The lowest BCUT2D eigenvalue weighted by Crippen LogP contribution is -2.37. The van der Waals surface area contributed by atoms with Crippen molar-refractivity contribution in [3.8, 4) is 11.5 Å². The number of ether oxygens (including phenoxy) is 2. The average Bonchev–Trinajstić information content (AvgIpc) is 3.06. The third-order valence-electron chi connectivity index (χ3n) is 4.72. The topological polar surface area (TPSA) is 47.6 Å². The van der Waals surface area contributed by atoms with Gasteiger partial charge in [-0.25, -0.2) is 0 Å². The molecule has 4 heteroatoms. The molecule has 2 aromatic rings. The molecule has 0 aromatic heterocycles. The second-order valence-corrected chi connectivity index (χ2v) is 5.84. The van der Waals surface area contributed by atoms with E-state index in [1.807, 2.05) is 36.4 Å². The summed E-state index contributed by atoms with van der Waals surface area (Å²) in [5, 5.41) is 2.99. The van der Waals surface area contributed by atoms with E-state index >= 15 is 0 Å². The zero-order chi connectivity index (χ0) is 14.7. The Balaban J connectivity index is 1.77. The van der Waals surface area contributed by atoms with Crippen LogP contribution in [0, 0.1) is 0 Å². The second-order valence-electron chi connectivity index (χ2n) is 5.84. The molecule has 5 rings (SSSR count). The van der Waals surface area contributed by atoms with E-state index in [1.165, 1.54) is 0 Å². The molecule has 1 unspecified atom stereocenters. The summed E-state index contributed by atoms with van der Waals surface area (Å²) in [7, 11) is 0. The summed E-state index contributed by atoms with van der Waals surface area (Å²) in [5.74, 6) is 1.53. The number of hydrogen-bond acceptors (Lipinski definition) is 3. The van der Waals surface area contributed by atoms with Gasteiger partial charge in [0.25, 0.3) is 0 Å². The highest BCUT2D eigenvalue weighted by molar-refractivity contribution is 6.09. The fourth-order valence-electron chi connectivity index (χ4n) is 3.61. The van der Waals surface area contributed by atoms with E-state index in [1.54, 1.807) is 6.26 Å². The van der Waals surface area contributed by atoms with Crippen molar-refractivity contribution in [1.82, 2.24) is 0 Å². The Morgan fingerprint density at radius 3 is 2.95 bits per heavy atom. The molecule has 1 spiro atoms. The molecule has 1 N–H and O–H groups in total. The van der Waals surface area contributed by atoms with Crippen molar-refractivity contribution in [2.24, 2.45) is 0 Å². The van der Waals surface area contributed by atoms with Crippen LogP contribution in [0.3, 0.4) is 0 Å². The number of anilines is 1. The van der Waals surface area contributed by atoms with Crippen LogP contribution in [0.2, 0.25) is 0 Å². The van der Waals surface area contributed by atoms with Crippen molar-refractivity contribution in [3.05, 3.63) is 65.4 Å². The van der Waals surface area contributed by atoms with Crippen LogP contribution < -0.4 is 14.8 Å². The average molecular weight is 291 g/mol. The maximum atomic E-state index is 12.7. The summed E-state index contributed by atoms with van der Waals surface area (Å²) in [6.07, 6.45) is 4.47. The molecule has 3 aliphatic rings. The van der Waals surface area contributed by atoms with E-state index in [2.05, 4.69) is 11.4 Å². The highest BCUT2D eigenvalue weighted by atomic mass is 16.5. The van der Waals surface area contributed by atoms with Gasteiger partial charge in [-0.05, 0) is 35.8 Å². The number of hydrogen-bond donors (Lipinski definition) is 1. The zero-order valence-electron chi connectivity index (χ0n) is 11.8. The van der Waals surface area contributed by atoms with Gasteiger partial charge in [-0.3, -0.25) is 4.79 Å². The standard InChI is InChI=1S/C18H13NO3/c20-17-18(12-5-1-2-6-14(12)19-17)10-22-16-9-15-11(8-13(16)18)4-3-7-21-15/h1-3,5-9H,4,10H2,(H,19,20). The van der Waals surface area contributed by atoms with Gasteiger partial charge in [0.1, 0.15) is 23.5 Å². The van der Waals surface area contributed by atoms with Crippen LogP contribution in [-0.4, -0.2) is 12.5 Å². The lowest BCUT2D eigenvalue weighted by atomic mass is 9.76. The van der Waals surface area contributed by atoms with Gasteiger partial charge in [0, 0.05) is 17.3 Å². The van der Waals surface area contributed by atoms with Gasteiger partial charge in [-0.1, -0.05) is 18.2 Å². The Morgan fingerprint density at radius 2 is 2.00 bits per heavy atom. The van der Waals surface area contributed by atoms with Gasteiger partial charge < -0.3 is 14.8 Å². The summed E-state index contributed by atoms with van der Waals surface area (Å²) in [4.78, 5) is 12.7. The maximum absolute atomic E-state index is 12.7. The normalized spacial score (nSPS) is 23.4. The van der Waals surface area contributed by atoms with Crippen LogP contribution in [0.15, 0.2) is 48.7 Å². The number of fused-ring (bicyclic) bond motifs is 5. The van der Waals surface area contributed by atoms with Gasteiger partial charge >= 0.3 is 0 Å². The largest absolute Gasteiger partial charge is 0.491 e. The van der Waals surface area contributed by atoms with E-state index in [9.17, 15) is 4.79 Å². The molecule has 2 aromatic carbocycles. The molecule has 0 aliphatic carbocycles. The molecular formula is C18H13NO3. The number of carbonyl (C=O) groups excluding carboxylic acids is 1. The predicted molar refractivity (Wildman–Crippen MR) is 81.3 cm³/mol. The van der Waals surface area contributed by atoms with E-state index in [-0.39, 0.29) is 5.91 Å². The van der Waals surface area contributed by atoms with E-state index < -0.39 is 5.41 Å². The number of para-hydroxylation sites is 1. The molecule has 0 fully saturated rings. The van der Waals surface area contributed by atoms with Crippen molar-refractivity contribution >= 4 is 11.6 Å². The zero-order valence-corrected chi connectivity index (χ0v) is 11.8. The quantitative estimate of drug-likeness (QED) is 0.812. The van der Waals surface area contributed by atoms with Crippen LogP contribution in [-0.2, 0) is 16.6 Å². The number of rotatable bonds is 0. The fourth-order valence-corrected chi connectivity index (χ4v) is 3.61. The predicted octanol–water partition coefficient (Wildman–Crippen LogP) is 2.77. The van der Waals surface area contributed by atoms with Crippen molar-refractivity contribution in [2.75, 3.05) is 11.9 Å². The smallest absolute Gasteiger partial charge is 0.243 e. The molecule has 0 saturated carbocycles. The third kappa shape index (κ3) is 1.30. The summed E-state index contributed by atoms with van der Waals surface area (Å²) in [6.45, 7) is 0.335. The molecule has 0 bridgehead atoms. The first-order valence-corrected chi connectivity index (χ1v) is 7.32. The summed E-state index contributed by atoms with van der Waals surface area (Å²) >= 11 is 0. The Morgan fingerprint density at radius 1 is 1.09 bits per heavy atom. The molecule has 1 amide bonds. The second kappa shape index (κ2) is 3.91. The van der Waals surface area contributed by atoms with Crippen molar-refractivity contribution in [2.45, 2.75) is 11.8 Å². The van der Waals surface area contributed by atoms with Crippen molar-refractivity contribution in [3.63, 3.8) is 0 Å². The monoisotopic (exact) mass is 291 g/mol. The van der Waals surface area contributed by atoms with Crippen LogP contribution in [0.1, 0.15) is 16.7 Å². The molecule has 0 saturated heterocycles. The lowest BCUT2D eigenvalue weighted by molar-refractivity contribution is -0.119. The van der Waals surface area contributed by atoms with Crippen LogP contribution in [0.25, 0.3) is 0 Å². The van der Waals surface area contributed by atoms with Crippen molar-refractivity contribution < 1.29 is 14.3 Å². The first kappa shape index (κ1) is 11.9. The minimum atomic E-state index is -0.734. The minimum Gasteiger partial charge on any atom is -0.491 e. The molecule has 22 heavy (non-hydrogen) atoms. The summed E-state index contributed by atoms with van der Waals surface area (Å²) in [5.41, 5.74) is 3.15. The highest BCUT2D eigenvalue weighted by Crippen LogP contribution is 2.51. The first-order valence-electron chi connectivity index (χ1n) is 7.32. The summed E-state index contributed by atoms with van der Waals surface area (Å²) < 4.78 is 11.4. The van der Waals surface area contributed by atoms with Gasteiger partial charge in [-0.2, -0.15) is 0 Å². The molecular weight excluding hydrogens is 278 g/mol. The first-order chi connectivity index (χ1) is 10.8. The fraction of sp³-hybridized carbons (Fsp3) is 0.167. The van der Waals surface area contributed by atoms with Crippen LogP contribution in [0.5, 0.6) is 11.5 Å². The molecule has 3 heterocycles. The SMILES string of the molecule is O=C1Nc2ccccc2C12COc1cc3c(cc12)CC=CO3. The molecule has 1 atom stereocenters. The molecule has 3 aliphatic heterocycles. The lowest BCUT2D eigenvalue weighted by Gasteiger charge is -2.21. The van der Waals surface area contributed by atoms with Gasteiger partial charge in [0.2, 0.25) is 5.91 Å². The van der Waals surface area contributed by atoms with Crippen LogP contribution in [0.4, 0.5) is 5.69 Å². The number of allylic oxidation sites excluding steroid dienone is 1. The number of nitrogens with one attached hydrogen (secondary N) is 1. The van der Waals surface area contributed by atoms with E-state index in [4.69, 9.17) is 9.47 Å². The highest BCUT2D eigenvalue weighted by Gasteiger charge is 2.54. The Kier molecular flexibility index (Phi) is 2.11. The number of benzene rings is 2. The van der Waals surface area contributed by atoms with Gasteiger partial charge in [0.15, 0.2) is 0 Å². The van der Waals surface area contributed by atoms with Gasteiger partial charge in [0.05, 0.1) is 6.26 Å².